The van der Waals surface area contributed by atoms with Crippen LogP contribution in [-0.4, -0.2) is 40.5 Å². The highest BCUT2D eigenvalue weighted by Gasteiger charge is 2.19. The number of benzene rings is 1. The molecule has 7 heteroatoms. The molecule has 1 atom stereocenters. The third kappa shape index (κ3) is 3.73. The van der Waals surface area contributed by atoms with Gasteiger partial charge in [-0.25, -0.2) is 0 Å². The van der Waals surface area contributed by atoms with Crippen molar-refractivity contribution in [1.82, 2.24) is 4.90 Å². The number of aliphatic hydroxyl groups excluding tert-OH is 1. The molecule has 0 aliphatic carbocycles. The van der Waals surface area contributed by atoms with Gasteiger partial charge >= 0.3 is 0 Å². The van der Waals surface area contributed by atoms with Crippen LogP contribution in [0.1, 0.15) is 22.8 Å². The minimum atomic E-state index is -0.702. The summed E-state index contributed by atoms with van der Waals surface area (Å²) in [7, 11) is 1.76. The van der Waals surface area contributed by atoms with Crippen molar-refractivity contribution in [2.24, 2.45) is 5.73 Å². The van der Waals surface area contributed by atoms with Crippen LogP contribution < -0.4 is 5.73 Å². The Bertz CT molecular complexity index is 490. The molecule has 1 aromatic carbocycles. The Kier molecular flexibility index (Phi) is 4.96. The second-order valence-corrected chi connectivity index (χ2v) is 4.41. The number of hydrogen-bond donors (Lipinski definition) is 2. The topological polar surface area (TPSA) is 110 Å². The second-order valence-electron chi connectivity index (χ2n) is 4.41. The van der Waals surface area contributed by atoms with Crippen LogP contribution in [0, 0.1) is 10.1 Å². The molecule has 1 rings (SSSR count). The summed E-state index contributed by atoms with van der Waals surface area (Å²) in [5.41, 5.74) is 5.53. The van der Waals surface area contributed by atoms with Gasteiger partial charge in [-0.2, -0.15) is 0 Å². The summed E-state index contributed by atoms with van der Waals surface area (Å²) < 4.78 is 0. The van der Waals surface area contributed by atoms with Gasteiger partial charge in [0.15, 0.2) is 0 Å². The molecule has 3 N–H and O–H groups in total. The van der Waals surface area contributed by atoms with Gasteiger partial charge in [-0.3, -0.25) is 19.8 Å². The van der Waals surface area contributed by atoms with Crippen LogP contribution >= 0.6 is 0 Å². The monoisotopic (exact) mass is 267 g/mol. The molecule has 0 heterocycles. The molecule has 104 valence electrons. The first-order valence-corrected chi connectivity index (χ1v) is 5.75. The highest BCUT2D eigenvalue weighted by atomic mass is 16.6. The van der Waals surface area contributed by atoms with Gasteiger partial charge in [0.2, 0.25) is 5.91 Å². The van der Waals surface area contributed by atoms with Gasteiger partial charge in [0, 0.05) is 29.8 Å². The van der Waals surface area contributed by atoms with Crippen molar-refractivity contribution in [3.8, 4) is 0 Å². The van der Waals surface area contributed by atoms with Gasteiger partial charge in [-0.05, 0) is 20.0 Å². The van der Waals surface area contributed by atoms with Crippen LogP contribution in [0.3, 0.4) is 0 Å². The predicted molar refractivity (Wildman–Crippen MR) is 69.6 cm³/mol. The Labute approximate surface area is 110 Å². The second kappa shape index (κ2) is 6.26. The molecular formula is C12H17N3O4. The van der Waals surface area contributed by atoms with E-state index in [1.54, 1.807) is 11.9 Å². The molecule has 1 aromatic rings. The van der Waals surface area contributed by atoms with E-state index in [1.807, 2.05) is 6.92 Å². The lowest BCUT2D eigenvalue weighted by atomic mass is 10.1. The lowest BCUT2D eigenvalue weighted by Crippen LogP contribution is -2.31. The number of amides is 1. The summed E-state index contributed by atoms with van der Waals surface area (Å²) in [5, 5.41) is 20.0. The Morgan fingerprint density at radius 3 is 2.68 bits per heavy atom. The van der Waals surface area contributed by atoms with E-state index in [-0.39, 0.29) is 23.9 Å². The molecule has 1 unspecified atom stereocenters. The predicted octanol–water partition coefficient (Wildman–Crippen LogP) is 0.506. The number of rotatable bonds is 6. The Morgan fingerprint density at radius 2 is 2.21 bits per heavy atom. The van der Waals surface area contributed by atoms with E-state index in [1.165, 1.54) is 18.2 Å². The maximum Gasteiger partial charge on any atom is 0.274 e. The fourth-order valence-corrected chi connectivity index (χ4v) is 1.58. The van der Waals surface area contributed by atoms with E-state index in [0.717, 1.165) is 0 Å². The highest BCUT2D eigenvalue weighted by Crippen LogP contribution is 2.22. The molecule has 0 radical (unpaired) electrons. The van der Waals surface area contributed by atoms with Crippen LogP contribution in [0.2, 0.25) is 0 Å². The van der Waals surface area contributed by atoms with Gasteiger partial charge in [-0.15, -0.1) is 0 Å². The number of likely N-dealkylation sites (N-methyl/N-ethyl adjacent to an activating group) is 1. The zero-order valence-corrected chi connectivity index (χ0v) is 10.9. The molecule has 1 amide bonds. The smallest absolute Gasteiger partial charge is 0.274 e. The van der Waals surface area contributed by atoms with Gasteiger partial charge in [0.05, 0.1) is 11.5 Å². The van der Waals surface area contributed by atoms with Crippen molar-refractivity contribution in [3.05, 3.63) is 39.4 Å². The molecular weight excluding hydrogens is 250 g/mol. The van der Waals surface area contributed by atoms with E-state index in [9.17, 15) is 14.9 Å². The molecule has 0 saturated carbocycles. The zero-order valence-electron chi connectivity index (χ0n) is 10.9. The molecule has 0 bridgehead atoms. The summed E-state index contributed by atoms with van der Waals surface area (Å²) in [4.78, 5) is 23.3. The number of nitro benzene ring substituents is 1. The van der Waals surface area contributed by atoms with Crippen molar-refractivity contribution in [1.29, 1.82) is 0 Å². The fraction of sp³-hybridized carbons (Fsp3) is 0.417. The maximum absolute atomic E-state index is 11.0. The number of carbonyl (C=O) groups excluding carboxylic acids is 1. The van der Waals surface area contributed by atoms with Crippen LogP contribution in [-0.2, 0) is 6.54 Å². The van der Waals surface area contributed by atoms with Crippen molar-refractivity contribution >= 4 is 11.6 Å². The number of nitro groups is 1. The number of carbonyl (C=O) groups is 1. The number of nitrogens with two attached hydrogens (primary N) is 1. The Morgan fingerprint density at radius 1 is 1.58 bits per heavy atom. The van der Waals surface area contributed by atoms with Gasteiger partial charge in [-0.1, -0.05) is 6.07 Å². The van der Waals surface area contributed by atoms with Crippen molar-refractivity contribution in [2.45, 2.75) is 19.5 Å². The average molecular weight is 267 g/mol. The standard InChI is InChI=1S/C12H17N3O4/c1-8(7-16)14(2)6-10-4-3-9(12(13)17)5-11(10)15(18)19/h3-5,8,16H,6-7H2,1-2H3,(H2,13,17). The van der Waals surface area contributed by atoms with Crippen molar-refractivity contribution in [2.75, 3.05) is 13.7 Å². The average Bonchev–Trinajstić information content (AvgIpc) is 2.37. The minimum absolute atomic E-state index is 0.0380. The number of nitrogens with zero attached hydrogens (tertiary/aromatic N) is 2. The Hall–Kier alpha value is -1.99. The number of hydrogen-bond acceptors (Lipinski definition) is 5. The molecule has 7 nitrogen and oxygen atoms in total. The third-order valence-corrected chi connectivity index (χ3v) is 3.00. The zero-order chi connectivity index (χ0) is 14.6. The molecule has 0 spiro atoms. The molecule has 19 heavy (non-hydrogen) atoms. The van der Waals surface area contributed by atoms with E-state index in [2.05, 4.69) is 0 Å². The van der Waals surface area contributed by atoms with Crippen molar-refractivity contribution in [3.63, 3.8) is 0 Å². The first-order chi connectivity index (χ1) is 8.86. The van der Waals surface area contributed by atoms with E-state index in [4.69, 9.17) is 10.8 Å². The molecule has 0 aromatic heterocycles. The summed E-state index contributed by atoms with van der Waals surface area (Å²) in [6.45, 7) is 2.07. The van der Waals surface area contributed by atoms with Gasteiger partial charge in [0.1, 0.15) is 0 Å². The summed E-state index contributed by atoms with van der Waals surface area (Å²) in [6.07, 6.45) is 0. The third-order valence-electron chi connectivity index (χ3n) is 3.00. The lowest BCUT2D eigenvalue weighted by molar-refractivity contribution is -0.385. The molecule has 0 saturated heterocycles. The molecule has 0 fully saturated rings. The van der Waals surface area contributed by atoms with Crippen LogP contribution in [0.25, 0.3) is 0 Å². The first-order valence-electron chi connectivity index (χ1n) is 5.75. The molecule has 0 aliphatic heterocycles. The van der Waals surface area contributed by atoms with E-state index < -0.39 is 10.8 Å². The van der Waals surface area contributed by atoms with Crippen LogP contribution in [0.4, 0.5) is 5.69 Å². The summed E-state index contributed by atoms with van der Waals surface area (Å²) in [6, 6.07) is 4.03. The summed E-state index contributed by atoms with van der Waals surface area (Å²) in [5.74, 6) is -0.702. The van der Waals surface area contributed by atoms with Crippen LogP contribution in [0.15, 0.2) is 18.2 Å². The van der Waals surface area contributed by atoms with E-state index in [0.29, 0.717) is 12.1 Å². The number of aliphatic hydroxyl groups is 1. The van der Waals surface area contributed by atoms with Crippen molar-refractivity contribution < 1.29 is 14.8 Å². The lowest BCUT2D eigenvalue weighted by Gasteiger charge is -2.22. The van der Waals surface area contributed by atoms with Gasteiger partial charge in [0.25, 0.3) is 5.69 Å². The molecule has 0 aliphatic rings. The highest BCUT2D eigenvalue weighted by molar-refractivity contribution is 5.93. The normalized spacial score (nSPS) is 12.4. The maximum atomic E-state index is 11.0. The quantitative estimate of drug-likeness (QED) is 0.576. The van der Waals surface area contributed by atoms with Gasteiger partial charge < -0.3 is 10.8 Å². The SMILES string of the molecule is CC(CO)N(C)Cc1ccc(C(N)=O)cc1[N+](=O)[O-]. The Balaban J connectivity index is 3.07. The van der Waals surface area contributed by atoms with Crippen LogP contribution in [0.5, 0.6) is 0 Å². The number of primary amides is 1. The summed E-state index contributed by atoms with van der Waals surface area (Å²) >= 11 is 0. The minimum Gasteiger partial charge on any atom is -0.395 e. The fourth-order valence-electron chi connectivity index (χ4n) is 1.58. The largest absolute Gasteiger partial charge is 0.395 e. The first kappa shape index (κ1) is 15.1. The van der Waals surface area contributed by atoms with E-state index >= 15 is 0 Å².